The molecular weight excluding hydrogens is 454 g/mol. The molecular formula is C34H23NO2. The molecule has 2 heterocycles. The molecule has 37 heavy (non-hydrogen) atoms. The van der Waals surface area contributed by atoms with Crippen molar-refractivity contribution in [3.8, 4) is 27.9 Å². The van der Waals surface area contributed by atoms with Gasteiger partial charge in [0.15, 0.2) is 5.43 Å². The van der Waals surface area contributed by atoms with Gasteiger partial charge in [-0.3, -0.25) is 4.79 Å². The third-order valence-electron chi connectivity index (χ3n) is 7.17. The standard InChI is InChI=1S/C34H23NO2/c1-22-21-37-33-20-27(14-15-28(33)34(22)36)35-31-16-12-25(23-8-4-2-5-9-23)18-29(31)30-19-26(13-17-32(30)35)24-10-6-3-7-11-24/h2-21H,1H3. The number of fused-ring (bicyclic) bond motifs is 4. The van der Waals surface area contributed by atoms with E-state index in [1.807, 2.05) is 30.3 Å². The van der Waals surface area contributed by atoms with Crippen LogP contribution in [0.1, 0.15) is 5.56 Å². The number of aromatic nitrogens is 1. The van der Waals surface area contributed by atoms with Gasteiger partial charge in [-0.15, -0.1) is 0 Å². The number of hydrogen-bond acceptors (Lipinski definition) is 2. The molecule has 0 aliphatic rings. The molecule has 7 rings (SSSR count). The van der Waals surface area contributed by atoms with Gasteiger partial charge in [0, 0.05) is 28.1 Å². The molecule has 0 saturated heterocycles. The van der Waals surface area contributed by atoms with Crippen LogP contribution in [-0.2, 0) is 0 Å². The van der Waals surface area contributed by atoms with Crippen molar-refractivity contribution in [2.45, 2.75) is 6.92 Å². The van der Waals surface area contributed by atoms with Gasteiger partial charge in [0.2, 0.25) is 0 Å². The van der Waals surface area contributed by atoms with Crippen LogP contribution in [0.3, 0.4) is 0 Å². The molecule has 0 amide bonds. The minimum absolute atomic E-state index is 0.00929. The molecule has 176 valence electrons. The maximum absolute atomic E-state index is 12.6. The van der Waals surface area contributed by atoms with Crippen LogP contribution in [0.4, 0.5) is 0 Å². The van der Waals surface area contributed by atoms with Crippen LogP contribution in [0.15, 0.2) is 131 Å². The van der Waals surface area contributed by atoms with Gasteiger partial charge in [-0.25, -0.2) is 0 Å². The van der Waals surface area contributed by atoms with Crippen molar-refractivity contribution in [1.29, 1.82) is 0 Å². The minimum Gasteiger partial charge on any atom is -0.464 e. The van der Waals surface area contributed by atoms with Gasteiger partial charge in [0.1, 0.15) is 5.58 Å². The number of hydrogen-bond donors (Lipinski definition) is 0. The van der Waals surface area contributed by atoms with Crippen molar-refractivity contribution < 1.29 is 4.42 Å². The zero-order valence-corrected chi connectivity index (χ0v) is 20.3. The van der Waals surface area contributed by atoms with E-state index in [1.54, 1.807) is 13.2 Å². The summed E-state index contributed by atoms with van der Waals surface area (Å²) in [5.74, 6) is 0. The lowest BCUT2D eigenvalue weighted by atomic mass is 10.0. The minimum atomic E-state index is 0.00929. The first-order valence-corrected chi connectivity index (χ1v) is 12.4. The lowest BCUT2D eigenvalue weighted by Crippen LogP contribution is -2.05. The maximum Gasteiger partial charge on any atom is 0.195 e. The van der Waals surface area contributed by atoms with Gasteiger partial charge in [0.05, 0.1) is 22.7 Å². The number of rotatable bonds is 3. The number of nitrogens with zero attached hydrogens (tertiary/aromatic N) is 1. The Balaban J connectivity index is 1.53. The SMILES string of the molecule is Cc1coc2cc(-n3c4ccc(-c5ccccc5)cc4c4cc(-c5ccccc5)ccc43)ccc2c1=O. The van der Waals surface area contributed by atoms with E-state index in [1.165, 1.54) is 33.0 Å². The fraction of sp³-hybridized carbons (Fsp3) is 0.0294. The normalized spacial score (nSPS) is 11.5. The molecule has 2 aromatic heterocycles. The number of aryl methyl sites for hydroxylation is 1. The summed E-state index contributed by atoms with van der Waals surface area (Å²) in [5, 5.41) is 2.96. The van der Waals surface area contributed by atoms with Crippen LogP contribution in [0.2, 0.25) is 0 Å². The molecule has 3 nitrogen and oxygen atoms in total. The molecule has 0 spiro atoms. The van der Waals surface area contributed by atoms with Gasteiger partial charge in [-0.2, -0.15) is 0 Å². The fourth-order valence-electron chi connectivity index (χ4n) is 5.27. The Kier molecular flexibility index (Phi) is 4.83. The van der Waals surface area contributed by atoms with Crippen LogP contribution in [0.25, 0.3) is 60.7 Å². The molecule has 0 saturated carbocycles. The molecule has 0 bridgehead atoms. The molecule has 3 heteroatoms. The van der Waals surface area contributed by atoms with E-state index >= 15 is 0 Å². The Bertz CT molecular complexity index is 1900. The third kappa shape index (κ3) is 3.47. The summed E-state index contributed by atoms with van der Waals surface area (Å²) in [6.45, 7) is 1.78. The summed E-state index contributed by atoms with van der Waals surface area (Å²) in [7, 11) is 0. The maximum atomic E-state index is 12.6. The third-order valence-corrected chi connectivity index (χ3v) is 7.17. The van der Waals surface area contributed by atoms with Crippen molar-refractivity contribution in [2.75, 3.05) is 0 Å². The summed E-state index contributed by atoms with van der Waals surface area (Å²) in [6.07, 6.45) is 1.54. The number of benzene rings is 5. The Morgan fingerprint density at radius 3 is 1.70 bits per heavy atom. The second-order valence-corrected chi connectivity index (χ2v) is 9.46. The van der Waals surface area contributed by atoms with E-state index < -0.39 is 0 Å². The average Bonchev–Trinajstić information content (AvgIpc) is 3.29. The lowest BCUT2D eigenvalue weighted by Gasteiger charge is -2.10. The van der Waals surface area contributed by atoms with Crippen LogP contribution in [0.5, 0.6) is 0 Å². The zero-order valence-electron chi connectivity index (χ0n) is 20.3. The highest BCUT2D eigenvalue weighted by atomic mass is 16.3. The summed E-state index contributed by atoms with van der Waals surface area (Å²) in [5.41, 5.74) is 9.11. The van der Waals surface area contributed by atoms with E-state index in [9.17, 15) is 4.79 Å². The van der Waals surface area contributed by atoms with E-state index in [0.29, 0.717) is 16.5 Å². The van der Waals surface area contributed by atoms with Gasteiger partial charge in [-0.1, -0.05) is 72.8 Å². The lowest BCUT2D eigenvalue weighted by molar-refractivity contribution is 0.597. The van der Waals surface area contributed by atoms with E-state index in [0.717, 1.165) is 16.7 Å². The van der Waals surface area contributed by atoms with Crippen LogP contribution in [0, 0.1) is 6.92 Å². The molecule has 7 aromatic rings. The fourth-order valence-corrected chi connectivity index (χ4v) is 5.27. The Labute approximate surface area is 213 Å². The smallest absolute Gasteiger partial charge is 0.195 e. The zero-order chi connectivity index (χ0) is 24.9. The summed E-state index contributed by atoms with van der Waals surface area (Å²) < 4.78 is 8.08. The molecule has 0 N–H and O–H groups in total. The van der Waals surface area contributed by atoms with Gasteiger partial charge in [0.25, 0.3) is 0 Å². The summed E-state index contributed by atoms with van der Waals surface area (Å²) >= 11 is 0. The average molecular weight is 478 g/mol. The van der Waals surface area contributed by atoms with Gasteiger partial charge < -0.3 is 8.98 Å². The highest BCUT2D eigenvalue weighted by Gasteiger charge is 2.16. The second-order valence-electron chi connectivity index (χ2n) is 9.46. The van der Waals surface area contributed by atoms with E-state index in [-0.39, 0.29) is 5.43 Å². The van der Waals surface area contributed by atoms with Crippen LogP contribution in [-0.4, -0.2) is 4.57 Å². The Hall–Kier alpha value is -4.89. The molecule has 0 atom stereocenters. The van der Waals surface area contributed by atoms with E-state index in [2.05, 4.69) is 89.5 Å². The van der Waals surface area contributed by atoms with Crippen LogP contribution < -0.4 is 5.43 Å². The monoisotopic (exact) mass is 477 g/mol. The Morgan fingerprint density at radius 2 is 1.14 bits per heavy atom. The molecule has 5 aromatic carbocycles. The van der Waals surface area contributed by atoms with Crippen molar-refractivity contribution in [2.24, 2.45) is 0 Å². The van der Waals surface area contributed by atoms with Crippen molar-refractivity contribution in [3.05, 3.63) is 137 Å². The predicted molar refractivity (Wildman–Crippen MR) is 152 cm³/mol. The molecule has 0 aliphatic heterocycles. The molecule has 0 radical (unpaired) electrons. The summed E-state index contributed by atoms with van der Waals surface area (Å²) in [4.78, 5) is 12.6. The van der Waals surface area contributed by atoms with Gasteiger partial charge in [-0.05, 0) is 65.6 Å². The first-order valence-electron chi connectivity index (χ1n) is 12.4. The topological polar surface area (TPSA) is 35.1 Å². The quantitative estimate of drug-likeness (QED) is 0.256. The molecule has 0 aliphatic carbocycles. The largest absolute Gasteiger partial charge is 0.464 e. The van der Waals surface area contributed by atoms with Crippen molar-refractivity contribution in [3.63, 3.8) is 0 Å². The second kappa shape index (κ2) is 8.35. The Morgan fingerprint density at radius 1 is 0.568 bits per heavy atom. The van der Waals surface area contributed by atoms with Crippen molar-refractivity contribution in [1.82, 2.24) is 4.57 Å². The summed E-state index contributed by atoms with van der Waals surface area (Å²) in [6, 6.07) is 40.1. The predicted octanol–water partition coefficient (Wildman–Crippen LogP) is 8.53. The first kappa shape index (κ1) is 21.4. The van der Waals surface area contributed by atoms with E-state index in [4.69, 9.17) is 4.42 Å². The first-order chi connectivity index (χ1) is 18.2. The molecule has 0 unspecified atom stereocenters. The highest BCUT2D eigenvalue weighted by molar-refractivity contribution is 6.11. The molecule has 0 fully saturated rings. The highest BCUT2D eigenvalue weighted by Crippen LogP contribution is 2.37. The van der Waals surface area contributed by atoms with Crippen LogP contribution >= 0.6 is 0 Å². The van der Waals surface area contributed by atoms with Gasteiger partial charge >= 0.3 is 0 Å². The van der Waals surface area contributed by atoms with Crippen molar-refractivity contribution >= 4 is 32.8 Å².